The highest BCUT2D eigenvalue weighted by molar-refractivity contribution is 5.92. The van der Waals surface area contributed by atoms with Crippen LogP contribution in [0, 0.1) is 5.82 Å². The molecule has 1 fully saturated rings. The Kier molecular flexibility index (Phi) is 4.69. The molecule has 122 valence electrons. The normalized spacial score (nSPS) is 17.0. The van der Waals surface area contributed by atoms with Crippen LogP contribution in [0.2, 0.25) is 0 Å². The first-order chi connectivity index (χ1) is 11.1. The van der Waals surface area contributed by atoms with Crippen molar-refractivity contribution < 1.29 is 9.18 Å². The zero-order valence-corrected chi connectivity index (χ0v) is 13.2. The number of nitrogens with zero attached hydrogens (tertiary/aromatic N) is 3. The quantitative estimate of drug-likeness (QED) is 0.943. The van der Waals surface area contributed by atoms with Crippen LogP contribution in [-0.4, -0.2) is 26.9 Å². The minimum Gasteiger partial charge on any atom is -0.348 e. The van der Waals surface area contributed by atoms with E-state index >= 15 is 0 Å². The summed E-state index contributed by atoms with van der Waals surface area (Å²) in [6.45, 7) is 1.83. The predicted octanol–water partition coefficient (Wildman–Crippen LogP) is 3.09. The minimum atomic E-state index is -0.320. The fourth-order valence-electron chi connectivity index (χ4n) is 3.03. The van der Waals surface area contributed by atoms with Crippen molar-refractivity contribution in [3.8, 4) is 0 Å². The van der Waals surface area contributed by atoms with Gasteiger partial charge >= 0.3 is 0 Å². The molecule has 0 aliphatic heterocycles. The van der Waals surface area contributed by atoms with Gasteiger partial charge in [0.05, 0.1) is 12.2 Å². The summed E-state index contributed by atoms with van der Waals surface area (Å²) < 4.78 is 15.4. The van der Waals surface area contributed by atoms with Gasteiger partial charge in [-0.1, -0.05) is 42.7 Å². The Morgan fingerprint density at radius 3 is 2.78 bits per heavy atom. The monoisotopic (exact) mass is 316 g/mol. The number of carbonyl (C=O) groups is 1. The maximum Gasteiger partial charge on any atom is 0.273 e. The van der Waals surface area contributed by atoms with Gasteiger partial charge in [0.2, 0.25) is 0 Å². The van der Waals surface area contributed by atoms with Crippen LogP contribution in [0.4, 0.5) is 4.39 Å². The van der Waals surface area contributed by atoms with E-state index in [2.05, 4.69) is 15.6 Å². The first-order valence-corrected chi connectivity index (χ1v) is 8.12. The van der Waals surface area contributed by atoms with Crippen molar-refractivity contribution in [1.82, 2.24) is 20.3 Å². The Morgan fingerprint density at radius 1 is 1.30 bits per heavy atom. The Balaban J connectivity index is 1.70. The molecule has 2 aromatic rings. The van der Waals surface area contributed by atoms with Crippen molar-refractivity contribution in [2.45, 2.75) is 51.1 Å². The van der Waals surface area contributed by atoms with E-state index in [1.807, 2.05) is 6.92 Å². The van der Waals surface area contributed by atoms with Gasteiger partial charge in [0, 0.05) is 11.6 Å². The van der Waals surface area contributed by atoms with Crippen molar-refractivity contribution in [3.05, 3.63) is 47.5 Å². The largest absolute Gasteiger partial charge is 0.348 e. The van der Waals surface area contributed by atoms with Crippen molar-refractivity contribution in [2.75, 3.05) is 0 Å². The lowest BCUT2D eigenvalue weighted by atomic mass is 9.95. The van der Waals surface area contributed by atoms with E-state index in [1.54, 1.807) is 24.4 Å². The molecule has 1 N–H and O–H groups in total. The molecule has 5 nitrogen and oxygen atoms in total. The first kappa shape index (κ1) is 15.6. The zero-order valence-electron chi connectivity index (χ0n) is 13.2. The molecule has 1 heterocycles. The van der Waals surface area contributed by atoms with Crippen LogP contribution in [0.3, 0.4) is 0 Å². The molecule has 0 spiro atoms. The zero-order chi connectivity index (χ0) is 16.2. The molecule has 0 saturated heterocycles. The third-order valence-corrected chi connectivity index (χ3v) is 4.44. The third kappa shape index (κ3) is 3.57. The molecular formula is C17H21FN4O. The Hall–Kier alpha value is -2.24. The lowest BCUT2D eigenvalue weighted by Gasteiger charge is -2.22. The van der Waals surface area contributed by atoms with Crippen LogP contribution >= 0.6 is 0 Å². The van der Waals surface area contributed by atoms with Gasteiger partial charge in [-0.05, 0) is 25.8 Å². The summed E-state index contributed by atoms with van der Waals surface area (Å²) in [5.74, 6) is -0.493. The third-order valence-electron chi connectivity index (χ3n) is 4.44. The number of hydrogen-bond acceptors (Lipinski definition) is 3. The van der Waals surface area contributed by atoms with Crippen LogP contribution in [0.25, 0.3) is 0 Å². The van der Waals surface area contributed by atoms with E-state index in [9.17, 15) is 9.18 Å². The maximum atomic E-state index is 13.9. The van der Waals surface area contributed by atoms with Crippen molar-refractivity contribution in [1.29, 1.82) is 0 Å². The molecule has 1 atom stereocenters. The number of hydrogen-bond donors (Lipinski definition) is 1. The molecule has 3 rings (SSSR count). The summed E-state index contributed by atoms with van der Waals surface area (Å²) in [5.41, 5.74) is 0.801. The molecule has 1 aromatic heterocycles. The average molecular weight is 316 g/mol. The number of rotatable bonds is 4. The van der Waals surface area contributed by atoms with E-state index in [-0.39, 0.29) is 29.5 Å². The number of halogens is 1. The minimum absolute atomic E-state index is 0.205. The molecule has 0 radical (unpaired) electrons. The maximum absolute atomic E-state index is 13.9. The fraction of sp³-hybridized carbons (Fsp3) is 0.471. The second-order valence-electron chi connectivity index (χ2n) is 6.09. The number of aromatic nitrogens is 3. The SMILES string of the molecule is C[C@H](c1ccccc1F)n1cc(C(=O)NC2CCCCC2)nn1. The van der Waals surface area contributed by atoms with Crippen molar-refractivity contribution in [2.24, 2.45) is 0 Å². The Morgan fingerprint density at radius 2 is 2.04 bits per heavy atom. The second-order valence-corrected chi connectivity index (χ2v) is 6.09. The van der Waals surface area contributed by atoms with E-state index in [1.165, 1.54) is 17.2 Å². The predicted molar refractivity (Wildman–Crippen MR) is 84.6 cm³/mol. The molecule has 23 heavy (non-hydrogen) atoms. The summed E-state index contributed by atoms with van der Waals surface area (Å²) in [6.07, 6.45) is 7.17. The lowest BCUT2D eigenvalue weighted by molar-refractivity contribution is 0.0922. The van der Waals surface area contributed by atoms with Crippen LogP contribution in [0.5, 0.6) is 0 Å². The molecule has 1 aromatic carbocycles. The Labute approximate surface area is 134 Å². The van der Waals surface area contributed by atoms with Gasteiger partial charge in [-0.2, -0.15) is 0 Å². The van der Waals surface area contributed by atoms with Gasteiger partial charge in [-0.15, -0.1) is 5.10 Å². The molecule has 1 amide bonds. The van der Waals surface area contributed by atoms with Crippen LogP contribution < -0.4 is 5.32 Å². The van der Waals surface area contributed by atoms with Crippen LogP contribution in [-0.2, 0) is 0 Å². The molecule has 1 aliphatic carbocycles. The van der Waals surface area contributed by atoms with E-state index in [0.717, 1.165) is 25.7 Å². The summed E-state index contributed by atoms with van der Waals surface area (Å²) in [7, 11) is 0. The van der Waals surface area contributed by atoms with E-state index in [4.69, 9.17) is 0 Å². The molecule has 0 unspecified atom stereocenters. The fourth-order valence-corrected chi connectivity index (χ4v) is 3.03. The summed E-state index contributed by atoms with van der Waals surface area (Å²) in [5, 5.41) is 10.9. The van der Waals surface area contributed by atoms with E-state index in [0.29, 0.717) is 5.56 Å². The molecule has 1 aliphatic rings. The summed E-state index contributed by atoms with van der Waals surface area (Å²) in [4.78, 5) is 12.3. The first-order valence-electron chi connectivity index (χ1n) is 8.12. The summed E-state index contributed by atoms with van der Waals surface area (Å²) >= 11 is 0. The van der Waals surface area contributed by atoms with Crippen molar-refractivity contribution >= 4 is 5.91 Å². The highest BCUT2D eigenvalue weighted by atomic mass is 19.1. The smallest absolute Gasteiger partial charge is 0.273 e. The van der Waals surface area contributed by atoms with Gasteiger partial charge in [-0.3, -0.25) is 4.79 Å². The lowest BCUT2D eigenvalue weighted by Crippen LogP contribution is -2.36. The number of carbonyl (C=O) groups excluding carboxylic acids is 1. The molecule has 6 heteroatoms. The number of nitrogens with one attached hydrogen (secondary N) is 1. The van der Waals surface area contributed by atoms with Gasteiger partial charge in [0.25, 0.3) is 5.91 Å². The second kappa shape index (κ2) is 6.89. The Bertz CT molecular complexity index is 679. The van der Waals surface area contributed by atoms with Crippen molar-refractivity contribution in [3.63, 3.8) is 0 Å². The molecule has 0 bridgehead atoms. The highest BCUT2D eigenvalue weighted by Gasteiger charge is 2.20. The number of benzene rings is 1. The topological polar surface area (TPSA) is 59.8 Å². The van der Waals surface area contributed by atoms with Crippen LogP contribution in [0.15, 0.2) is 30.5 Å². The summed E-state index contributed by atoms with van der Waals surface area (Å²) in [6, 6.07) is 6.46. The number of amides is 1. The van der Waals surface area contributed by atoms with Gasteiger partial charge in [0.15, 0.2) is 5.69 Å². The average Bonchev–Trinajstić information content (AvgIpc) is 3.06. The standard InChI is InChI=1S/C17H21FN4O/c1-12(14-9-5-6-10-15(14)18)22-11-16(20-21-22)17(23)19-13-7-3-2-4-8-13/h5-6,9-13H,2-4,7-8H2,1H3,(H,19,23)/t12-/m1/s1. The van der Waals surface area contributed by atoms with Gasteiger partial charge in [0.1, 0.15) is 5.82 Å². The van der Waals surface area contributed by atoms with Crippen LogP contribution in [0.1, 0.15) is 61.1 Å². The van der Waals surface area contributed by atoms with Gasteiger partial charge < -0.3 is 5.32 Å². The highest BCUT2D eigenvalue weighted by Crippen LogP contribution is 2.20. The van der Waals surface area contributed by atoms with Gasteiger partial charge in [-0.25, -0.2) is 9.07 Å². The molecular weight excluding hydrogens is 295 g/mol. The van der Waals surface area contributed by atoms with E-state index < -0.39 is 0 Å². The molecule has 1 saturated carbocycles.